The first kappa shape index (κ1) is 19.4. The Morgan fingerprint density at radius 3 is 1.55 bits per heavy atom. The van der Waals surface area contributed by atoms with Crippen LogP contribution in [0.15, 0.2) is 0 Å². The first-order chi connectivity index (χ1) is 9.72. The van der Waals surface area contributed by atoms with Crippen LogP contribution in [0.2, 0.25) is 0 Å². The van der Waals surface area contributed by atoms with Gasteiger partial charge in [0.05, 0.1) is 0 Å². The molecular formula is C17H35NO2. The molecule has 0 aliphatic carbocycles. The van der Waals surface area contributed by atoms with E-state index in [1.807, 2.05) is 0 Å². The molecule has 0 bridgehead atoms. The van der Waals surface area contributed by atoms with Crippen LogP contribution >= 0.6 is 0 Å². The van der Waals surface area contributed by atoms with E-state index in [9.17, 15) is 10.1 Å². The maximum Gasteiger partial charge on any atom is 0.213 e. The van der Waals surface area contributed by atoms with E-state index in [0.29, 0.717) is 0 Å². The largest absolute Gasteiger partial charge is 0.264 e. The fourth-order valence-electron chi connectivity index (χ4n) is 2.66. The maximum atomic E-state index is 10.9. The summed E-state index contributed by atoms with van der Waals surface area (Å²) in [5.74, 6) is 0. The maximum absolute atomic E-state index is 10.9. The zero-order valence-electron chi connectivity index (χ0n) is 13.7. The SMILES string of the molecule is CCCCCCCCCCCCC(CCCC)[N+](=O)[O-]. The molecule has 0 aliphatic rings. The Balaban J connectivity index is 3.34. The van der Waals surface area contributed by atoms with Crippen LogP contribution in [0.25, 0.3) is 0 Å². The summed E-state index contributed by atoms with van der Waals surface area (Å²) in [5, 5.41) is 10.9. The van der Waals surface area contributed by atoms with Crippen molar-refractivity contribution in [2.75, 3.05) is 0 Å². The summed E-state index contributed by atoms with van der Waals surface area (Å²) in [5.41, 5.74) is 0. The number of hydrogen-bond donors (Lipinski definition) is 0. The number of unbranched alkanes of at least 4 members (excludes halogenated alkanes) is 10. The molecule has 1 atom stereocenters. The summed E-state index contributed by atoms with van der Waals surface area (Å²) in [6.45, 7) is 4.34. The van der Waals surface area contributed by atoms with Gasteiger partial charge in [0.15, 0.2) is 0 Å². The van der Waals surface area contributed by atoms with Crippen LogP contribution in [-0.4, -0.2) is 11.0 Å². The monoisotopic (exact) mass is 285 g/mol. The summed E-state index contributed by atoms with van der Waals surface area (Å²) in [4.78, 5) is 10.8. The lowest BCUT2D eigenvalue weighted by molar-refractivity contribution is -0.524. The predicted molar refractivity (Wildman–Crippen MR) is 86.8 cm³/mol. The van der Waals surface area contributed by atoms with Crippen LogP contribution in [0.1, 0.15) is 104 Å². The van der Waals surface area contributed by atoms with Gasteiger partial charge >= 0.3 is 0 Å². The molecule has 3 heteroatoms. The fourth-order valence-corrected chi connectivity index (χ4v) is 2.66. The Labute approximate surface area is 125 Å². The minimum Gasteiger partial charge on any atom is -0.264 e. The Hall–Kier alpha value is -0.600. The van der Waals surface area contributed by atoms with Crippen LogP contribution in [0.5, 0.6) is 0 Å². The van der Waals surface area contributed by atoms with E-state index in [1.54, 1.807) is 0 Å². The first-order valence-electron chi connectivity index (χ1n) is 8.85. The second-order valence-corrected chi connectivity index (χ2v) is 6.05. The third kappa shape index (κ3) is 12.4. The number of rotatable bonds is 15. The van der Waals surface area contributed by atoms with Crippen LogP contribution in [0.3, 0.4) is 0 Å². The van der Waals surface area contributed by atoms with E-state index in [4.69, 9.17) is 0 Å². The van der Waals surface area contributed by atoms with Crippen molar-refractivity contribution >= 4 is 0 Å². The number of nitro groups is 1. The molecule has 0 fully saturated rings. The third-order valence-electron chi connectivity index (χ3n) is 4.08. The van der Waals surface area contributed by atoms with Crippen molar-refractivity contribution in [3.8, 4) is 0 Å². The van der Waals surface area contributed by atoms with E-state index in [2.05, 4.69) is 13.8 Å². The second kappa shape index (κ2) is 14.8. The molecule has 0 aromatic carbocycles. The van der Waals surface area contributed by atoms with Crippen molar-refractivity contribution in [2.24, 2.45) is 0 Å². The van der Waals surface area contributed by atoms with Gasteiger partial charge in [0.25, 0.3) is 0 Å². The zero-order chi connectivity index (χ0) is 15.1. The van der Waals surface area contributed by atoms with Crippen LogP contribution in [0.4, 0.5) is 0 Å². The van der Waals surface area contributed by atoms with Crippen molar-refractivity contribution in [1.82, 2.24) is 0 Å². The van der Waals surface area contributed by atoms with Crippen molar-refractivity contribution in [3.63, 3.8) is 0 Å². The van der Waals surface area contributed by atoms with Gasteiger partial charge in [-0.3, -0.25) is 10.1 Å². The van der Waals surface area contributed by atoms with Crippen LogP contribution in [-0.2, 0) is 0 Å². The topological polar surface area (TPSA) is 43.1 Å². The van der Waals surface area contributed by atoms with Gasteiger partial charge in [-0.2, -0.15) is 0 Å². The first-order valence-corrected chi connectivity index (χ1v) is 8.85. The molecule has 0 rings (SSSR count). The van der Waals surface area contributed by atoms with Crippen LogP contribution in [0, 0.1) is 10.1 Å². The summed E-state index contributed by atoms with van der Waals surface area (Å²) >= 11 is 0. The van der Waals surface area contributed by atoms with Crippen LogP contribution < -0.4 is 0 Å². The molecule has 3 nitrogen and oxygen atoms in total. The molecule has 0 saturated heterocycles. The van der Waals surface area contributed by atoms with Gasteiger partial charge in [-0.25, -0.2) is 0 Å². The lowest BCUT2D eigenvalue weighted by Crippen LogP contribution is -2.19. The highest BCUT2D eigenvalue weighted by molar-refractivity contribution is 4.58. The third-order valence-corrected chi connectivity index (χ3v) is 4.08. The summed E-state index contributed by atoms with van der Waals surface area (Å²) in [7, 11) is 0. The van der Waals surface area contributed by atoms with Crippen molar-refractivity contribution in [2.45, 2.75) is 110 Å². The summed E-state index contributed by atoms with van der Waals surface area (Å²) in [6, 6.07) is -0.288. The van der Waals surface area contributed by atoms with E-state index in [0.717, 1.165) is 32.1 Å². The van der Waals surface area contributed by atoms with E-state index < -0.39 is 0 Å². The average Bonchev–Trinajstić information content (AvgIpc) is 2.43. The molecule has 0 radical (unpaired) electrons. The lowest BCUT2D eigenvalue weighted by atomic mass is 10.0. The molecule has 20 heavy (non-hydrogen) atoms. The Morgan fingerprint density at radius 2 is 1.10 bits per heavy atom. The summed E-state index contributed by atoms with van der Waals surface area (Å²) < 4.78 is 0. The molecule has 120 valence electrons. The van der Waals surface area contributed by atoms with Crippen molar-refractivity contribution in [3.05, 3.63) is 10.1 Å². The van der Waals surface area contributed by atoms with Gasteiger partial charge in [0, 0.05) is 17.8 Å². The Bertz CT molecular complexity index is 219. The molecule has 0 spiro atoms. The highest BCUT2D eigenvalue weighted by Gasteiger charge is 2.18. The Morgan fingerprint density at radius 1 is 0.700 bits per heavy atom. The number of nitrogens with zero attached hydrogens (tertiary/aromatic N) is 1. The van der Waals surface area contributed by atoms with Crippen molar-refractivity contribution < 1.29 is 4.92 Å². The second-order valence-electron chi connectivity index (χ2n) is 6.05. The standard InChI is InChI=1S/C17H35NO2/c1-3-5-7-8-9-10-11-12-13-14-16-17(18(19)20)15-6-4-2/h17H,3-16H2,1-2H3. The normalized spacial score (nSPS) is 12.5. The molecule has 1 unspecified atom stereocenters. The highest BCUT2D eigenvalue weighted by Crippen LogP contribution is 2.15. The molecule has 0 aromatic heterocycles. The van der Waals surface area contributed by atoms with Gasteiger partial charge in [-0.1, -0.05) is 78.1 Å². The predicted octanol–water partition coefficient (Wildman–Crippen LogP) is 6.13. The quantitative estimate of drug-likeness (QED) is 0.206. The average molecular weight is 285 g/mol. The molecule has 0 saturated carbocycles. The molecule has 0 N–H and O–H groups in total. The molecule has 0 aliphatic heterocycles. The minimum atomic E-state index is -0.288. The smallest absolute Gasteiger partial charge is 0.213 e. The molecule has 0 amide bonds. The van der Waals surface area contributed by atoms with Gasteiger partial charge in [0.2, 0.25) is 6.04 Å². The molecular weight excluding hydrogens is 250 g/mol. The number of hydrogen-bond acceptors (Lipinski definition) is 2. The zero-order valence-corrected chi connectivity index (χ0v) is 13.7. The molecule has 0 aromatic rings. The van der Waals surface area contributed by atoms with E-state index in [-0.39, 0.29) is 11.0 Å². The fraction of sp³-hybridized carbons (Fsp3) is 1.00. The van der Waals surface area contributed by atoms with Crippen molar-refractivity contribution in [1.29, 1.82) is 0 Å². The van der Waals surface area contributed by atoms with Gasteiger partial charge < -0.3 is 0 Å². The van der Waals surface area contributed by atoms with E-state index >= 15 is 0 Å². The minimum absolute atomic E-state index is 0.0661. The van der Waals surface area contributed by atoms with E-state index in [1.165, 1.54) is 57.8 Å². The highest BCUT2D eigenvalue weighted by atomic mass is 16.6. The van der Waals surface area contributed by atoms with Gasteiger partial charge in [-0.05, 0) is 12.8 Å². The van der Waals surface area contributed by atoms with Gasteiger partial charge in [-0.15, -0.1) is 0 Å². The summed E-state index contributed by atoms with van der Waals surface area (Å²) in [6.07, 6.45) is 16.5. The Kier molecular flexibility index (Phi) is 14.4. The lowest BCUT2D eigenvalue weighted by Gasteiger charge is -2.08. The van der Waals surface area contributed by atoms with Gasteiger partial charge in [0.1, 0.15) is 0 Å². The molecule has 0 heterocycles.